The summed E-state index contributed by atoms with van der Waals surface area (Å²) < 4.78 is 2.69. The van der Waals surface area contributed by atoms with Crippen molar-refractivity contribution in [2.75, 3.05) is 0 Å². The lowest BCUT2D eigenvalue weighted by atomic mass is 10.1. The first kappa shape index (κ1) is 13.4. The van der Waals surface area contributed by atoms with E-state index in [2.05, 4.69) is 0 Å². The third-order valence-electron chi connectivity index (χ3n) is 3.85. The van der Waals surface area contributed by atoms with Crippen LogP contribution in [0.25, 0.3) is 0 Å². The van der Waals surface area contributed by atoms with Crippen LogP contribution in [0.2, 0.25) is 0 Å². The van der Waals surface area contributed by atoms with Crippen LogP contribution in [0.4, 0.5) is 0 Å². The van der Waals surface area contributed by atoms with Gasteiger partial charge < -0.3 is 0 Å². The standard InChI is InChI=1S/C16H15N3O2/c1-11-4-2-3-5-12(11)9-19-15(20)13(8-17)10-18(16(19)21)14-6-7-14/h2-5,10,14H,6-7,9H2,1H3. The lowest BCUT2D eigenvalue weighted by Crippen LogP contribution is -2.41. The first-order valence-electron chi connectivity index (χ1n) is 6.92. The van der Waals surface area contributed by atoms with Gasteiger partial charge in [0.25, 0.3) is 5.56 Å². The molecule has 3 rings (SSSR count). The average Bonchev–Trinajstić information content (AvgIpc) is 3.30. The zero-order valence-electron chi connectivity index (χ0n) is 11.7. The normalized spacial score (nSPS) is 13.9. The van der Waals surface area contributed by atoms with E-state index in [1.807, 2.05) is 37.3 Å². The molecule has 1 fully saturated rings. The minimum Gasteiger partial charge on any atom is -0.296 e. The van der Waals surface area contributed by atoms with Gasteiger partial charge in [-0.3, -0.25) is 13.9 Å². The number of hydrogen-bond donors (Lipinski definition) is 0. The fourth-order valence-corrected chi connectivity index (χ4v) is 2.41. The van der Waals surface area contributed by atoms with E-state index in [9.17, 15) is 9.59 Å². The van der Waals surface area contributed by atoms with Crippen molar-refractivity contribution in [2.45, 2.75) is 32.4 Å². The van der Waals surface area contributed by atoms with E-state index in [1.165, 1.54) is 15.3 Å². The average molecular weight is 281 g/mol. The van der Waals surface area contributed by atoms with Gasteiger partial charge in [-0.15, -0.1) is 0 Å². The number of rotatable bonds is 3. The summed E-state index contributed by atoms with van der Waals surface area (Å²) in [6.07, 6.45) is 3.25. The van der Waals surface area contributed by atoms with Gasteiger partial charge in [0.15, 0.2) is 0 Å². The molecule has 5 nitrogen and oxygen atoms in total. The molecule has 1 aromatic heterocycles. The van der Waals surface area contributed by atoms with Crippen molar-refractivity contribution in [1.29, 1.82) is 5.26 Å². The van der Waals surface area contributed by atoms with E-state index in [4.69, 9.17) is 5.26 Å². The predicted octanol–water partition coefficient (Wildman–Crippen LogP) is 1.57. The molecule has 1 aliphatic carbocycles. The van der Waals surface area contributed by atoms with Crippen LogP contribution in [-0.4, -0.2) is 9.13 Å². The van der Waals surface area contributed by atoms with Gasteiger partial charge >= 0.3 is 5.69 Å². The van der Waals surface area contributed by atoms with Crippen molar-refractivity contribution in [2.24, 2.45) is 0 Å². The Hall–Kier alpha value is -2.61. The van der Waals surface area contributed by atoms with Gasteiger partial charge in [-0.1, -0.05) is 24.3 Å². The summed E-state index contributed by atoms with van der Waals surface area (Å²) in [5.41, 5.74) is 1.11. The summed E-state index contributed by atoms with van der Waals surface area (Å²) in [7, 11) is 0. The Bertz CT molecular complexity index is 851. The Morgan fingerprint density at radius 1 is 1.29 bits per heavy atom. The van der Waals surface area contributed by atoms with Crippen LogP contribution in [0, 0.1) is 18.3 Å². The fraction of sp³-hybridized carbons (Fsp3) is 0.312. The van der Waals surface area contributed by atoms with Gasteiger partial charge in [0, 0.05) is 12.2 Å². The van der Waals surface area contributed by atoms with Crippen LogP contribution in [0.5, 0.6) is 0 Å². The quantitative estimate of drug-likeness (QED) is 0.857. The highest BCUT2D eigenvalue weighted by atomic mass is 16.2. The van der Waals surface area contributed by atoms with Crippen molar-refractivity contribution in [3.05, 3.63) is 68.0 Å². The topological polar surface area (TPSA) is 67.8 Å². The molecule has 21 heavy (non-hydrogen) atoms. The molecule has 0 radical (unpaired) electrons. The predicted molar refractivity (Wildman–Crippen MR) is 78.2 cm³/mol. The molecule has 0 amide bonds. The van der Waals surface area contributed by atoms with Crippen LogP contribution >= 0.6 is 0 Å². The number of aryl methyl sites for hydroxylation is 1. The maximum atomic E-state index is 12.5. The Labute approximate surface area is 121 Å². The largest absolute Gasteiger partial charge is 0.331 e. The minimum atomic E-state index is -0.511. The van der Waals surface area contributed by atoms with Crippen molar-refractivity contribution < 1.29 is 0 Å². The first-order valence-corrected chi connectivity index (χ1v) is 6.92. The highest BCUT2D eigenvalue weighted by molar-refractivity contribution is 5.27. The smallest absolute Gasteiger partial charge is 0.296 e. The molecule has 0 spiro atoms. The maximum absolute atomic E-state index is 12.5. The molecule has 0 aliphatic heterocycles. The Morgan fingerprint density at radius 3 is 2.62 bits per heavy atom. The Morgan fingerprint density at radius 2 is 2.00 bits per heavy atom. The molecular weight excluding hydrogens is 266 g/mol. The van der Waals surface area contributed by atoms with E-state index in [-0.39, 0.29) is 23.8 Å². The minimum absolute atomic E-state index is 0.0232. The van der Waals surface area contributed by atoms with Crippen LogP contribution in [0.1, 0.15) is 35.6 Å². The van der Waals surface area contributed by atoms with Gasteiger partial charge in [0.1, 0.15) is 11.6 Å². The van der Waals surface area contributed by atoms with Gasteiger partial charge in [0.2, 0.25) is 0 Å². The van der Waals surface area contributed by atoms with Crippen LogP contribution in [-0.2, 0) is 6.54 Å². The maximum Gasteiger partial charge on any atom is 0.331 e. The molecule has 0 bridgehead atoms. The number of hydrogen-bond acceptors (Lipinski definition) is 3. The highest BCUT2D eigenvalue weighted by Crippen LogP contribution is 2.33. The summed E-state index contributed by atoms with van der Waals surface area (Å²) in [5.74, 6) is 0. The monoisotopic (exact) mass is 281 g/mol. The van der Waals surface area contributed by atoms with E-state index in [0.29, 0.717) is 0 Å². The van der Waals surface area contributed by atoms with E-state index >= 15 is 0 Å². The third-order valence-corrected chi connectivity index (χ3v) is 3.85. The molecule has 1 aliphatic rings. The fourth-order valence-electron chi connectivity index (χ4n) is 2.41. The van der Waals surface area contributed by atoms with E-state index in [0.717, 1.165) is 24.0 Å². The third kappa shape index (κ3) is 2.40. The summed E-state index contributed by atoms with van der Waals surface area (Å²) in [6.45, 7) is 2.14. The molecule has 5 heteroatoms. The number of nitrogens with zero attached hydrogens (tertiary/aromatic N) is 3. The Balaban J connectivity index is 2.16. The second-order valence-corrected chi connectivity index (χ2v) is 5.39. The van der Waals surface area contributed by atoms with Crippen molar-refractivity contribution in [1.82, 2.24) is 9.13 Å². The van der Waals surface area contributed by atoms with Gasteiger partial charge in [-0.2, -0.15) is 5.26 Å². The summed E-state index contributed by atoms with van der Waals surface area (Å²) in [6, 6.07) is 9.64. The van der Waals surface area contributed by atoms with Gasteiger partial charge in [-0.25, -0.2) is 4.79 Å². The second kappa shape index (κ2) is 5.06. The van der Waals surface area contributed by atoms with Gasteiger partial charge in [0.05, 0.1) is 6.54 Å². The van der Waals surface area contributed by atoms with Gasteiger partial charge in [-0.05, 0) is 30.9 Å². The summed E-state index contributed by atoms with van der Waals surface area (Å²) >= 11 is 0. The van der Waals surface area contributed by atoms with Crippen molar-refractivity contribution in [3.8, 4) is 6.07 Å². The first-order chi connectivity index (χ1) is 10.1. The number of nitriles is 1. The molecule has 0 atom stereocenters. The molecular formula is C16H15N3O2. The van der Waals surface area contributed by atoms with E-state index in [1.54, 1.807) is 0 Å². The molecule has 2 aromatic rings. The summed E-state index contributed by atoms with van der Waals surface area (Å²) in [5, 5.41) is 9.10. The lowest BCUT2D eigenvalue weighted by Gasteiger charge is -2.11. The van der Waals surface area contributed by atoms with Crippen LogP contribution < -0.4 is 11.2 Å². The molecule has 0 N–H and O–H groups in total. The number of aromatic nitrogens is 2. The van der Waals surface area contributed by atoms with E-state index < -0.39 is 5.56 Å². The highest BCUT2D eigenvalue weighted by Gasteiger charge is 2.26. The SMILES string of the molecule is Cc1ccccc1Cn1c(=O)c(C#N)cn(C2CC2)c1=O. The molecule has 1 saturated carbocycles. The zero-order valence-corrected chi connectivity index (χ0v) is 11.7. The van der Waals surface area contributed by atoms with Crippen molar-refractivity contribution >= 4 is 0 Å². The molecule has 1 aromatic carbocycles. The van der Waals surface area contributed by atoms with Crippen LogP contribution in [0.15, 0.2) is 40.1 Å². The van der Waals surface area contributed by atoms with Crippen LogP contribution in [0.3, 0.4) is 0 Å². The number of benzene rings is 1. The molecule has 1 heterocycles. The van der Waals surface area contributed by atoms with Crippen molar-refractivity contribution in [3.63, 3.8) is 0 Å². The molecule has 0 saturated heterocycles. The second-order valence-electron chi connectivity index (χ2n) is 5.39. The Kier molecular flexibility index (Phi) is 3.22. The zero-order chi connectivity index (χ0) is 15.0. The summed E-state index contributed by atoms with van der Waals surface area (Å²) in [4.78, 5) is 24.7. The molecule has 106 valence electrons. The lowest BCUT2D eigenvalue weighted by molar-refractivity contribution is 0.587. The molecule has 0 unspecified atom stereocenters.